The molecule has 0 fully saturated rings. The highest BCUT2D eigenvalue weighted by Crippen LogP contribution is 2.44. The van der Waals surface area contributed by atoms with Crippen molar-refractivity contribution < 1.29 is 4.42 Å². The van der Waals surface area contributed by atoms with E-state index in [1.807, 2.05) is 6.92 Å². The molecule has 11 aromatic carbocycles. The molecule has 0 unspecified atom stereocenters. The van der Waals surface area contributed by atoms with Crippen LogP contribution in [0.5, 0.6) is 0 Å². The van der Waals surface area contributed by atoms with Gasteiger partial charge in [-0.05, 0) is 156 Å². The van der Waals surface area contributed by atoms with E-state index in [1.165, 1.54) is 75.8 Å². The molecule has 3 nitrogen and oxygen atoms in total. The molecule has 14 aromatic rings. The van der Waals surface area contributed by atoms with Gasteiger partial charge in [-0.2, -0.15) is 0 Å². The quantitative estimate of drug-likeness (QED) is 0.149. The molecule has 3 heterocycles. The fourth-order valence-electron chi connectivity index (χ4n) is 11.2. The highest BCUT2D eigenvalue weighted by molar-refractivity contribution is 6.29. The number of fused-ring (bicyclic) bond motifs is 12. The fraction of sp³-hybridized carbons (Fsp3) is 0.0147. The molecule has 0 bridgehead atoms. The lowest BCUT2D eigenvalue weighted by Gasteiger charge is -2.15. The van der Waals surface area contributed by atoms with Crippen LogP contribution in [0.1, 0.15) is 18.2 Å². The first-order valence-electron chi connectivity index (χ1n) is 24.3. The van der Waals surface area contributed by atoms with E-state index in [2.05, 4.69) is 242 Å². The molecule has 0 radical (unpaired) electrons. The Morgan fingerprint density at radius 3 is 1.61 bits per heavy atom. The molecule has 0 aliphatic carbocycles. The summed E-state index contributed by atoms with van der Waals surface area (Å²) in [6.45, 7) is 6.07. The van der Waals surface area contributed by atoms with Gasteiger partial charge in [0.2, 0.25) is 0 Å². The molecular weight excluding hydrogens is 861 g/mol. The van der Waals surface area contributed by atoms with Crippen LogP contribution >= 0.6 is 0 Å². The highest BCUT2D eigenvalue weighted by atomic mass is 16.3. The van der Waals surface area contributed by atoms with Crippen LogP contribution in [-0.4, -0.2) is 9.55 Å². The summed E-state index contributed by atoms with van der Waals surface area (Å²) in [7, 11) is 0. The van der Waals surface area contributed by atoms with Crippen LogP contribution in [0, 0.1) is 0 Å². The smallest absolute Gasteiger partial charge is 0.135 e. The largest absolute Gasteiger partial charge is 0.456 e. The average Bonchev–Trinajstić information content (AvgIpc) is 3.96. The number of pyridine rings is 1. The van der Waals surface area contributed by atoms with Gasteiger partial charge in [0.05, 0.1) is 28.1 Å². The van der Waals surface area contributed by atoms with Crippen molar-refractivity contribution in [1.29, 1.82) is 0 Å². The van der Waals surface area contributed by atoms with Crippen LogP contribution in [0.15, 0.2) is 235 Å². The van der Waals surface area contributed by atoms with E-state index >= 15 is 0 Å². The maximum atomic E-state index is 6.23. The van der Waals surface area contributed by atoms with E-state index in [0.29, 0.717) is 0 Å². The van der Waals surface area contributed by atoms with Gasteiger partial charge in [-0.3, -0.25) is 0 Å². The predicted molar refractivity (Wildman–Crippen MR) is 302 cm³/mol. The van der Waals surface area contributed by atoms with Crippen molar-refractivity contribution in [3.8, 4) is 50.5 Å². The Morgan fingerprint density at radius 1 is 0.394 bits per heavy atom. The summed E-state index contributed by atoms with van der Waals surface area (Å²) in [5, 5.41) is 15.6. The van der Waals surface area contributed by atoms with Crippen molar-refractivity contribution in [2.24, 2.45) is 0 Å². The maximum absolute atomic E-state index is 6.23. The fourth-order valence-corrected chi connectivity index (χ4v) is 11.2. The highest BCUT2D eigenvalue weighted by Gasteiger charge is 2.20. The van der Waals surface area contributed by atoms with Crippen molar-refractivity contribution in [3.63, 3.8) is 0 Å². The van der Waals surface area contributed by atoms with Gasteiger partial charge < -0.3 is 8.98 Å². The Kier molecular flexibility index (Phi) is 9.27. The van der Waals surface area contributed by atoms with Gasteiger partial charge in [0.1, 0.15) is 11.3 Å². The summed E-state index contributed by atoms with van der Waals surface area (Å²) in [5.74, 6) is 0.784. The van der Waals surface area contributed by atoms with Crippen molar-refractivity contribution >= 4 is 98.8 Å². The summed E-state index contributed by atoms with van der Waals surface area (Å²) in [5.41, 5.74) is 13.9. The van der Waals surface area contributed by atoms with Crippen molar-refractivity contribution in [3.05, 3.63) is 242 Å². The molecule has 0 saturated heterocycles. The number of hydrogen-bond acceptors (Lipinski definition) is 2. The van der Waals surface area contributed by atoms with E-state index in [9.17, 15) is 0 Å². The second kappa shape index (κ2) is 16.2. The van der Waals surface area contributed by atoms with Crippen LogP contribution in [0.3, 0.4) is 0 Å². The van der Waals surface area contributed by atoms with E-state index in [4.69, 9.17) is 9.40 Å². The molecule has 0 spiro atoms. The van der Waals surface area contributed by atoms with E-state index < -0.39 is 0 Å². The molecule has 3 heteroatoms. The molecule has 332 valence electrons. The SMILES string of the molecule is C=Cc1oc2ccc(-c3ccc4c5ccccc5c5cc6c(cc5c4c3)c3cc(-c4ccccc4)ccc3n6-c3cc(-c4ccc5ccccc5c4)nc(-c4ccc5ccccc5c4)c3)cc2c1/C=C\C. The minimum atomic E-state index is 0.784. The molecule has 0 N–H and O–H groups in total. The minimum Gasteiger partial charge on any atom is -0.456 e. The lowest BCUT2D eigenvalue weighted by molar-refractivity contribution is 0.603. The van der Waals surface area contributed by atoms with Gasteiger partial charge in [-0.25, -0.2) is 4.98 Å². The molecule has 0 atom stereocenters. The topological polar surface area (TPSA) is 31.0 Å². The van der Waals surface area contributed by atoms with Gasteiger partial charge in [-0.1, -0.05) is 170 Å². The first-order valence-corrected chi connectivity index (χ1v) is 24.3. The second-order valence-corrected chi connectivity index (χ2v) is 18.7. The molecule has 0 aliphatic rings. The van der Waals surface area contributed by atoms with Crippen LogP contribution in [-0.2, 0) is 0 Å². The molecule has 71 heavy (non-hydrogen) atoms. The average molecular weight is 905 g/mol. The van der Waals surface area contributed by atoms with Crippen molar-refractivity contribution in [1.82, 2.24) is 9.55 Å². The Labute approximate surface area is 410 Å². The van der Waals surface area contributed by atoms with Crippen LogP contribution in [0.25, 0.3) is 149 Å². The standard InChI is InChI=1S/C68H44N2O/c1-3-14-56-62-37-49(29-32-68(62)71-67(56)4-2)48-27-30-55-53-21-12-13-22-54(53)59-41-66-61(40-58(59)57(55)35-48)60-36-47(42-15-6-5-7-16-42)28-31-65(60)70(66)52-38-63(50-25-23-43-17-8-10-19-45(43)33-50)69-64(39-52)51-26-24-44-18-9-11-20-46(44)34-51/h3-41H,2H2,1H3/b14-3-. The zero-order valence-electron chi connectivity index (χ0n) is 39.0. The Balaban J connectivity index is 1.06. The van der Waals surface area contributed by atoms with Gasteiger partial charge in [0.25, 0.3) is 0 Å². The third-order valence-corrected chi connectivity index (χ3v) is 14.6. The number of nitrogens with zero attached hydrogens (tertiary/aromatic N) is 2. The minimum absolute atomic E-state index is 0.784. The lowest BCUT2D eigenvalue weighted by Crippen LogP contribution is -1.98. The third kappa shape index (κ3) is 6.62. The zero-order chi connectivity index (χ0) is 47.2. The summed E-state index contributed by atoms with van der Waals surface area (Å²) in [6, 6.07) is 80.1. The molecule has 0 saturated carbocycles. The van der Waals surface area contributed by atoms with Crippen molar-refractivity contribution in [2.45, 2.75) is 6.92 Å². The van der Waals surface area contributed by atoms with Gasteiger partial charge in [-0.15, -0.1) is 0 Å². The second-order valence-electron chi connectivity index (χ2n) is 18.7. The molecule has 3 aromatic heterocycles. The summed E-state index contributed by atoms with van der Waals surface area (Å²) in [6.07, 6.45) is 5.96. The van der Waals surface area contributed by atoms with Crippen LogP contribution in [0.2, 0.25) is 0 Å². The first-order chi connectivity index (χ1) is 35.1. The monoisotopic (exact) mass is 904 g/mol. The Hall–Kier alpha value is -9.31. The van der Waals surface area contributed by atoms with Gasteiger partial charge in [0, 0.05) is 32.8 Å². The van der Waals surface area contributed by atoms with E-state index in [1.54, 1.807) is 6.08 Å². The Morgan fingerprint density at radius 2 is 0.915 bits per heavy atom. The van der Waals surface area contributed by atoms with Crippen molar-refractivity contribution in [2.75, 3.05) is 0 Å². The number of benzene rings is 11. The lowest BCUT2D eigenvalue weighted by atomic mass is 9.91. The Bertz CT molecular complexity index is 4450. The number of furan rings is 1. The maximum Gasteiger partial charge on any atom is 0.135 e. The van der Waals surface area contributed by atoms with E-state index in [0.717, 1.165) is 72.7 Å². The van der Waals surface area contributed by atoms with E-state index in [-0.39, 0.29) is 0 Å². The van der Waals surface area contributed by atoms with Crippen LogP contribution in [0.4, 0.5) is 0 Å². The normalized spacial score (nSPS) is 12.0. The number of hydrogen-bond donors (Lipinski definition) is 0. The number of rotatable bonds is 7. The van der Waals surface area contributed by atoms with Crippen LogP contribution < -0.4 is 0 Å². The van der Waals surface area contributed by atoms with Gasteiger partial charge in [0.15, 0.2) is 0 Å². The number of allylic oxidation sites excluding steroid dienone is 1. The van der Waals surface area contributed by atoms with Gasteiger partial charge >= 0.3 is 0 Å². The summed E-state index contributed by atoms with van der Waals surface area (Å²) < 4.78 is 8.71. The predicted octanol–water partition coefficient (Wildman–Crippen LogP) is 19.0. The first kappa shape index (κ1) is 40.7. The molecule has 14 rings (SSSR count). The number of aromatic nitrogens is 2. The molecular formula is C68H44N2O. The summed E-state index contributed by atoms with van der Waals surface area (Å²) >= 11 is 0. The molecule has 0 aliphatic heterocycles. The summed E-state index contributed by atoms with van der Waals surface area (Å²) in [4.78, 5) is 5.48. The molecule has 0 amide bonds. The zero-order valence-corrected chi connectivity index (χ0v) is 39.0. The third-order valence-electron chi connectivity index (χ3n) is 14.6.